The summed E-state index contributed by atoms with van der Waals surface area (Å²) in [5, 5.41) is 0. The van der Waals surface area contributed by atoms with E-state index in [1.165, 1.54) is 0 Å². The third kappa shape index (κ3) is 8.91. The summed E-state index contributed by atoms with van der Waals surface area (Å²) in [6.07, 6.45) is 3.34. The summed E-state index contributed by atoms with van der Waals surface area (Å²) in [6.45, 7) is 9.16. The second-order valence-electron chi connectivity index (χ2n) is 4.92. The Hall–Kier alpha value is -1.10. The second-order valence-corrected chi connectivity index (χ2v) is 4.92. The van der Waals surface area contributed by atoms with Crippen LogP contribution in [-0.2, 0) is 14.3 Å². The first-order valence-electron chi connectivity index (χ1n) is 7.67. The lowest BCUT2D eigenvalue weighted by molar-refractivity contribution is -0.143. The van der Waals surface area contributed by atoms with Crippen LogP contribution >= 0.6 is 0 Å². The molecule has 0 atom stereocenters. The van der Waals surface area contributed by atoms with Gasteiger partial charge in [0.25, 0.3) is 0 Å². The Morgan fingerprint density at radius 3 is 2.20 bits per heavy atom. The summed E-state index contributed by atoms with van der Waals surface area (Å²) in [4.78, 5) is 26.9. The fraction of sp³-hybridized carbons (Fsp3) is 0.867. The number of amides is 1. The Morgan fingerprint density at radius 2 is 1.65 bits per heavy atom. The van der Waals surface area contributed by atoms with Crippen LogP contribution < -0.4 is 0 Å². The van der Waals surface area contributed by atoms with Gasteiger partial charge in [-0.3, -0.25) is 14.5 Å². The average Bonchev–Trinajstić information content (AvgIpc) is 2.40. The maximum absolute atomic E-state index is 11.9. The lowest BCUT2D eigenvalue weighted by Gasteiger charge is -2.23. The van der Waals surface area contributed by atoms with Gasteiger partial charge in [0.2, 0.25) is 5.91 Å². The summed E-state index contributed by atoms with van der Waals surface area (Å²) < 4.78 is 4.87. The van der Waals surface area contributed by atoms with Gasteiger partial charge in [0.15, 0.2) is 0 Å². The molecule has 0 aromatic carbocycles. The van der Waals surface area contributed by atoms with E-state index >= 15 is 0 Å². The van der Waals surface area contributed by atoms with Crippen LogP contribution in [0.1, 0.15) is 46.5 Å². The zero-order chi connectivity index (χ0) is 15.4. The molecule has 0 radical (unpaired) electrons. The molecule has 118 valence electrons. The summed E-state index contributed by atoms with van der Waals surface area (Å²) >= 11 is 0. The highest BCUT2D eigenvalue weighted by molar-refractivity contribution is 5.78. The van der Waals surface area contributed by atoms with E-state index < -0.39 is 0 Å². The van der Waals surface area contributed by atoms with Crippen LogP contribution in [0.25, 0.3) is 0 Å². The van der Waals surface area contributed by atoms with Gasteiger partial charge in [-0.2, -0.15) is 0 Å². The fourth-order valence-corrected chi connectivity index (χ4v) is 2.05. The minimum Gasteiger partial charge on any atom is -0.466 e. The van der Waals surface area contributed by atoms with Crippen molar-refractivity contribution in [3.63, 3.8) is 0 Å². The van der Waals surface area contributed by atoms with Gasteiger partial charge in [0.05, 0.1) is 13.2 Å². The SMILES string of the molecule is CCOC(=O)CCCCCN(C)CC(=O)N(CC)CC. The molecular formula is C15H30N2O3. The third-order valence-electron chi connectivity index (χ3n) is 3.25. The molecule has 0 saturated heterocycles. The molecule has 0 heterocycles. The van der Waals surface area contributed by atoms with Gasteiger partial charge in [0, 0.05) is 19.5 Å². The highest BCUT2D eigenvalue weighted by Crippen LogP contribution is 2.03. The summed E-state index contributed by atoms with van der Waals surface area (Å²) in [5.41, 5.74) is 0. The minimum absolute atomic E-state index is 0.113. The van der Waals surface area contributed by atoms with Gasteiger partial charge in [0.1, 0.15) is 0 Å². The number of hydrogen-bond acceptors (Lipinski definition) is 4. The van der Waals surface area contributed by atoms with Gasteiger partial charge in [-0.1, -0.05) is 6.42 Å². The molecule has 5 nitrogen and oxygen atoms in total. The van der Waals surface area contributed by atoms with Gasteiger partial charge in [-0.05, 0) is 47.2 Å². The normalized spacial score (nSPS) is 10.7. The van der Waals surface area contributed by atoms with Crippen molar-refractivity contribution in [1.29, 1.82) is 0 Å². The zero-order valence-electron chi connectivity index (χ0n) is 13.5. The van der Waals surface area contributed by atoms with E-state index in [0.29, 0.717) is 19.6 Å². The molecular weight excluding hydrogens is 256 g/mol. The van der Waals surface area contributed by atoms with Crippen molar-refractivity contribution in [2.75, 3.05) is 39.8 Å². The van der Waals surface area contributed by atoms with E-state index in [4.69, 9.17) is 4.74 Å². The van der Waals surface area contributed by atoms with E-state index in [1.54, 1.807) is 0 Å². The molecule has 0 aliphatic rings. The molecule has 0 N–H and O–H groups in total. The molecule has 0 rings (SSSR count). The van der Waals surface area contributed by atoms with Crippen LogP contribution in [0, 0.1) is 0 Å². The van der Waals surface area contributed by atoms with Crippen molar-refractivity contribution >= 4 is 11.9 Å². The minimum atomic E-state index is -0.113. The molecule has 0 bridgehead atoms. The van der Waals surface area contributed by atoms with Crippen molar-refractivity contribution < 1.29 is 14.3 Å². The first kappa shape index (κ1) is 18.9. The molecule has 1 amide bonds. The first-order chi connectivity index (χ1) is 9.54. The number of esters is 1. The Bertz CT molecular complexity index is 278. The Balaban J connectivity index is 3.65. The summed E-state index contributed by atoms with van der Waals surface area (Å²) in [6, 6.07) is 0. The molecule has 0 aliphatic heterocycles. The molecule has 0 aliphatic carbocycles. The van der Waals surface area contributed by atoms with E-state index in [1.807, 2.05) is 37.6 Å². The van der Waals surface area contributed by atoms with Crippen molar-refractivity contribution in [3.8, 4) is 0 Å². The quantitative estimate of drug-likeness (QED) is 0.430. The van der Waals surface area contributed by atoms with E-state index in [2.05, 4.69) is 0 Å². The van der Waals surface area contributed by atoms with Gasteiger partial charge in [-0.15, -0.1) is 0 Å². The van der Waals surface area contributed by atoms with Crippen LogP contribution in [0.4, 0.5) is 0 Å². The number of nitrogens with zero attached hydrogens (tertiary/aromatic N) is 2. The van der Waals surface area contributed by atoms with E-state index in [0.717, 1.165) is 38.9 Å². The molecule has 0 aromatic heterocycles. The maximum Gasteiger partial charge on any atom is 0.305 e. The topological polar surface area (TPSA) is 49.9 Å². The molecule has 0 saturated carbocycles. The van der Waals surface area contributed by atoms with Crippen LogP contribution in [0.2, 0.25) is 0 Å². The molecule has 0 spiro atoms. The predicted molar refractivity (Wildman–Crippen MR) is 80.5 cm³/mol. The first-order valence-corrected chi connectivity index (χ1v) is 7.67. The average molecular weight is 286 g/mol. The van der Waals surface area contributed by atoms with Crippen molar-refractivity contribution in [2.24, 2.45) is 0 Å². The lowest BCUT2D eigenvalue weighted by atomic mass is 10.2. The number of rotatable bonds is 11. The largest absolute Gasteiger partial charge is 0.466 e. The second kappa shape index (κ2) is 11.7. The zero-order valence-corrected chi connectivity index (χ0v) is 13.5. The highest BCUT2D eigenvalue weighted by atomic mass is 16.5. The monoisotopic (exact) mass is 286 g/mol. The van der Waals surface area contributed by atoms with Crippen LogP contribution in [-0.4, -0.2) is 61.5 Å². The molecule has 0 fully saturated rings. The van der Waals surface area contributed by atoms with Crippen LogP contribution in [0.5, 0.6) is 0 Å². The third-order valence-corrected chi connectivity index (χ3v) is 3.25. The number of carbonyl (C=O) groups is 2. The molecule has 20 heavy (non-hydrogen) atoms. The summed E-state index contributed by atoms with van der Waals surface area (Å²) in [7, 11) is 1.97. The van der Waals surface area contributed by atoms with Crippen LogP contribution in [0.15, 0.2) is 0 Å². The lowest BCUT2D eigenvalue weighted by Crippen LogP contribution is -2.39. The molecule has 0 unspecified atom stereocenters. The van der Waals surface area contributed by atoms with Crippen molar-refractivity contribution in [2.45, 2.75) is 46.5 Å². The standard InChI is InChI=1S/C15H30N2O3/c1-5-17(6-2)14(18)13-16(4)12-10-8-9-11-15(19)20-7-3/h5-13H2,1-4H3. The number of ether oxygens (including phenoxy) is 1. The van der Waals surface area contributed by atoms with Crippen LogP contribution in [0.3, 0.4) is 0 Å². The number of unbranched alkanes of at least 4 members (excludes halogenated alkanes) is 2. The Morgan fingerprint density at radius 1 is 1.00 bits per heavy atom. The number of hydrogen-bond donors (Lipinski definition) is 0. The number of carbonyl (C=O) groups excluding carboxylic acids is 2. The Labute approximate surface area is 123 Å². The molecule has 5 heteroatoms. The smallest absolute Gasteiger partial charge is 0.305 e. The van der Waals surface area contributed by atoms with E-state index in [9.17, 15) is 9.59 Å². The number of likely N-dealkylation sites (N-methyl/N-ethyl adjacent to an activating group) is 2. The van der Waals surface area contributed by atoms with Crippen molar-refractivity contribution in [3.05, 3.63) is 0 Å². The van der Waals surface area contributed by atoms with Gasteiger partial charge >= 0.3 is 5.97 Å². The Kier molecular flexibility index (Phi) is 11.1. The van der Waals surface area contributed by atoms with Gasteiger partial charge in [-0.25, -0.2) is 0 Å². The molecule has 0 aromatic rings. The predicted octanol–water partition coefficient (Wildman–Crippen LogP) is 1.91. The van der Waals surface area contributed by atoms with Gasteiger partial charge < -0.3 is 9.64 Å². The van der Waals surface area contributed by atoms with E-state index in [-0.39, 0.29) is 11.9 Å². The maximum atomic E-state index is 11.9. The van der Waals surface area contributed by atoms with Crippen molar-refractivity contribution in [1.82, 2.24) is 9.80 Å². The summed E-state index contributed by atoms with van der Waals surface area (Å²) in [5.74, 6) is 0.0709. The highest BCUT2D eigenvalue weighted by Gasteiger charge is 2.11. The fourth-order valence-electron chi connectivity index (χ4n) is 2.05.